The largest absolute Gasteiger partial charge is 0.506 e. The van der Waals surface area contributed by atoms with Crippen molar-refractivity contribution in [2.45, 2.75) is 0 Å². The number of hydrazone groups is 1. The number of phenolic OH excluding ortho intramolecular Hbond substituents is 1. The summed E-state index contributed by atoms with van der Waals surface area (Å²) in [6.45, 7) is 0. The molecule has 0 unspecified atom stereocenters. The summed E-state index contributed by atoms with van der Waals surface area (Å²) in [5, 5.41) is 13.4. The Morgan fingerprint density at radius 2 is 2.14 bits per heavy atom. The number of nitrogens with zero attached hydrogens (tertiary/aromatic N) is 1. The van der Waals surface area contributed by atoms with Crippen molar-refractivity contribution in [3.8, 4) is 5.75 Å². The molecule has 0 bridgehead atoms. The second kappa shape index (κ2) is 4.83. The maximum absolute atomic E-state index is 9.87. The van der Waals surface area contributed by atoms with Gasteiger partial charge in [-0.25, -0.2) is 5.43 Å². The Hall–Kier alpha value is -1.26. The van der Waals surface area contributed by atoms with Crippen LogP contribution in [0, 0.1) is 0 Å². The van der Waals surface area contributed by atoms with Crippen molar-refractivity contribution < 1.29 is 9.90 Å². The Morgan fingerprint density at radius 3 is 2.79 bits per heavy atom. The number of carbonyl (C=O) groups is 1. The van der Waals surface area contributed by atoms with Gasteiger partial charge < -0.3 is 5.11 Å². The van der Waals surface area contributed by atoms with Gasteiger partial charge in [0.15, 0.2) is 0 Å². The minimum atomic E-state index is -0.132. The molecule has 1 aromatic rings. The number of benzene rings is 1. The SMILES string of the molecule is O=CN/N=C/c1cc(Cl)cc(Cl)c1O. The fourth-order valence-electron chi connectivity index (χ4n) is 0.822. The van der Waals surface area contributed by atoms with Crippen molar-refractivity contribution in [3.63, 3.8) is 0 Å². The predicted molar refractivity (Wildman–Crippen MR) is 54.9 cm³/mol. The number of rotatable bonds is 3. The number of halogens is 2. The summed E-state index contributed by atoms with van der Waals surface area (Å²) >= 11 is 11.3. The summed E-state index contributed by atoms with van der Waals surface area (Å²) in [5.41, 5.74) is 2.38. The van der Waals surface area contributed by atoms with Crippen LogP contribution in [-0.2, 0) is 4.79 Å². The van der Waals surface area contributed by atoms with Crippen LogP contribution >= 0.6 is 23.2 Å². The van der Waals surface area contributed by atoms with Gasteiger partial charge in [0.05, 0.1) is 11.2 Å². The highest BCUT2D eigenvalue weighted by Gasteiger charge is 2.05. The Balaban J connectivity index is 3.01. The first-order valence-corrected chi connectivity index (χ1v) is 4.31. The lowest BCUT2D eigenvalue weighted by Crippen LogP contribution is -2.00. The average molecular weight is 233 g/mol. The van der Waals surface area contributed by atoms with Gasteiger partial charge in [-0.15, -0.1) is 0 Å². The molecule has 0 saturated carbocycles. The number of hydrogen-bond acceptors (Lipinski definition) is 3. The lowest BCUT2D eigenvalue weighted by Gasteiger charge is -2.01. The van der Waals surface area contributed by atoms with Gasteiger partial charge in [-0.3, -0.25) is 4.79 Å². The molecule has 1 rings (SSSR count). The number of aromatic hydroxyl groups is 1. The van der Waals surface area contributed by atoms with E-state index >= 15 is 0 Å². The van der Waals surface area contributed by atoms with Crippen molar-refractivity contribution in [1.82, 2.24) is 5.43 Å². The summed E-state index contributed by atoms with van der Waals surface area (Å²) in [4.78, 5) is 9.87. The van der Waals surface area contributed by atoms with Crippen LogP contribution in [0.5, 0.6) is 5.75 Å². The van der Waals surface area contributed by atoms with Gasteiger partial charge in [0, 0.05) is 10.6 Å². The Labute approximate surface area is 90.1 Å². The molecule has 0 aliphatic carbocycles. The second-order valence-corrected chi connectivity index (χ2v) is 3.17. The van der Waals surface area contributed by atoms with Crippen molar-refractivity contribution in [2.75, 3.05) is 0 Å². The van der Waals surface area contributed by atoms with E-state index in [1.807, 2.05) is 0 Å². The van der Waals surface area contributed by atoms with Crippen LogP contribution in [0.25, 0.3) is 0 Å². The van der Waals surface area contributed by atoms with Crippen LogP contribution < -0.4 is 5.43 Å². The number of hydrogen-bond donors (Lipinski definition) is 2. The molecular weight excluding hydrogens is 227 g/mol. The van der Waals surface area contributed by atoms with Gasteiger partial charge >= 0.3 is 0 Å². The van der Waals surface area contributed by atoms with Crippen LogP contribution in [0.15, 0.2) is 17.2 Å². The third kappa shape index (κ3) is 2.61. The van der Waals surface area contributed by atoms with Crippen LogP contribution in [0.4, 0.5) is 0 Å². The van der Waals surface area contributed by atoms with Crippen molar-refractivity contribution in [1.29, 1.82) is 0 Å². The molecule has 1 amide bonds. The summed E-state index contributed by atoms with van der Waals surface area (Å²) in [5.74, 6) is -0.132. The third-order valence-electron chi connectivity index (χ3n) is 1.39. The fraction of sp³-hybridized carbons (Fsp3) is 0. The highest BCUT2D eigenvalue weighted by molar-refractivity contribution is 6.36. The molecule has 0 aliphatic heterocycles. The fourth-order valence-corrected chi connectivity index (χ4v) is 1.33. The summed E-state index contributed by atoms with van der Waals surface area (Å²) < 4.78 is 0. The van der Waals surface area contributed by atoms with Gasteiger partial charge in [-0.2, -0.15) is 5.10 Å². The molecular formula is C8H6Cl2N2O2. The zero-order valence-electron chi connectivity index (χ0n) is 6.87. The van der Waals surface area contributed by atoms with E-state index in [1.165, 1.54) is 18.3 Å². The van der Waals surface area contributed by atoms with Crippen LogP contribution in [0.2, 0.25) is 10.0 Å². The van der Waals surface area contributed by atoms with Crippen molar-refractivity contribution in [2.24, 2.45) is 5.10 Å². The quantitative estimate of drug-likeness (QED) is 0.474. The van der Waals surface area contributed by atoms with E-state index in [2.05, 4.69) is 10.5 Å². The predicted octanol–water partition coefficient (Wildman–Crippen LogP) is 1.78. The van der Waals surface area contributed by atoms with Gasteiger partial charge in [-0.05, 0) is 12.1 Å². The molecule has 0 aliphatic rings. The first kappa shape index (κ1) is 10.8. The smallest absolute Gasteiger partial charge is 0.227 e. The Kier molecular flexibility index (Phi) is 3.73. The molecule has 0 fully saturated rings. The highest BCUT2D eigenvalue weighted by atomic mass is 35.5. The van der Waals surface area contributed by atoms with E-state index in [-0.39, 0.29) is 10.8 Å². The second-order valence-electron chi connectivity index (χ2n) is 2.33. The molecule has 4 nitrogen and oxygen atoms in total. The first-order chi connectivity index (χ1) is 6.65. The molecule has 2 N–H and O–H groups in total. The molecule has 0 heterocycles. The molecule has 74 valence electrons. The van der Waals surface area contributed by atoms with E-state index in [0.717, 1.165) is 0 Å². The zero-order valence-corrected chi connectivity index (χ0v) is 8.38. The minimum absolute atomic E-state index is 0.130. The standard InChI is InChI=1S/C8H6Cl2N2O2/c9-6-1-5(3-11-12-4-13)8(14)7(10)2-6/h1-4,14H,(H,12,13)/b11-3+. The van der Waals surface area contributed by atoms with E-state index in [1.54, 1.807) is 0 Å². The summed E-state index contributed by atoms with van der Waals surface area (Å²) in [7, 11) is 0. The maximum atomic E-state index is 9.87. The molecule has 6 heteroatoms. The van der Waals surface area contributed by atoms with Crippen molar-refractivity contribution in [3.05, 3.63) is 27.7 Å². The van der Waals surface area contributed by atoms with Crippen molar-refractivity contribution >= 4 is 35.8 Å². The number of carbonyl (C=O) groups excluding carboxylic acids is 1. The van der Waals surface area contributed by atoms with E-state index in [4.69, 9.17) is 23.2 Å². The van der Waals surface area contributed by atoms with Gasteiger partial charge in [0.25, 0.3) is 0 Å². The van der Waals surface area contributed by atoms with Crippen LogP contribution in [0.1, 0.15) is 5.56 Å². The molecule has 0 radical (unpaired) electrons. The van der Waals surface area contributed by atoms with Gasteiger partial charge in [-0.1, -0.05) is 23.2 Å². The number of phenols is 1. The topological polar surface area (TPSA) is 61.7 Å². The molecule has 0 saturated heterocycles. The zero-order chi connectivity index (χ0) is 10.6. The number of nitrogens with one attached hydrogen (secondary N) is 1. The van der Waals surface area contributed by atoms with E-state index in [0.29, 0.717) is 17.0 Å². The van der Waals surface area contributed by atoms with E-state index in [9.17, 15) is 9.90 Å². The highest BCUT2D eigenvalue weighted by Crippen LogP contribution is 2.29. The average Bonchev–Trinajstić information content (AvgIpc) is 2.13. The first-order valence-electron chi connectivity index (χ1n) is 3.55. The monoisotopic (exact) mass is 232 g/mol. The lowest BCUT2D eigenvalue weighted by atomic mass is 10.2. The van der Waals surface area contributed by atoms with Gasteiger partial charge in [0.1, 0.15) is 5.75 Å². The molecule has 0 atom stereocenters. The third-order valence-corrected chi connectivity index (χ3v) is 1.89. The molecule has 0 aromatic heterocycles. The molecule has 1 aromatic carbocycles. The summed E-state index contributed by atoms with van der Waals surface area (Å²) in [6, 6.07) is 2.88. The molecule has 0 spiro atoms. The van der Waals surface area contributed by atoms with Crippen LogP contribution in [0.3, 0.4) is 0 Å². The Bertz CT molecular complexity index is 380. The Morgan fingerprint density at radius 1 is 1.43 bits per heavy atom. The van der Waals surface area contributed by atoms with E-state index < -0.39 is 0 Å². The molecule has 14 heavy (non-hydrogen) atoms. The minimum Gasteiger partial charge on any atom is -0.506 e. The lowest BCUT2D eigenvalue weighted by molar-refractivity contribution is -0.109. The number of amides is 1. The maximum Gasteiger partial charge on any atom is 0.227 e. The van der Waals surface area contributed by atoms with Gasteiger partial charge in [0.2, 0.25) is 6.41 Å². The van der Waals surface area contributed by atoms with Crippen LogP contribution in [-0.4, -0.2) is 17.7 Å². The normalized spacial score (nSPS) is 10.4. The summed E-state index contributed by atoms with van der Waals surface area (Å²) in [6.07, 6.45) is 1.64.